The van der Waals surface area contributed by atoms with E-state index in [1.54, 1.807) is 0 Å². The van der Waals surface area contributed by atoms with Gasteiger partial charge in [-0.25, -0.2) is 9.78 Å². The summed E-state index contributed by atoms with van der Waals surface area (Å²) in [6.07, 6.45) is 7.31. The Morgan fingerprint density at radius 1 is 1.30 bits per heavy atom. The summed E-state index contributed by atoms with van der Waals surface area (Å²) >= 11 is 1.44. The van der Waals surface area contributed by atoms with Gasteiger partial charge in [0.1, 0.15) is 5.54 Å². The SMILES string of the molecule is CSc1nc(C(=O)NC2(C(=O)O)CCCCC2)c2ccccn12. The lowest BCUT2D eigenvalue weighted by Crippen LogP contribution is -2.55. The number of carboxylic acid groups (broad SMARTS) is 1. The number of nitrogens with zero attached hydrogens (tertiary/aromatic N) is 2. The third-order valence-electron chi connectivity index (χ3n) is 4.38. The van der Waals surface area contributed by atoms with Gasteiger partial charge in [0, 0.05) is 6.20 Å². The number of rotatable bonds is 4. The van der Waals surface area contributed by atoms with Gasteiger partial charge in [-0.05, 0) is 31.2 Å². The third-order valence-corrected chi connectivity index (χ3v) is 5.04. The Hall–Kier alpha value is -2.02. The van der Waals surface area contributed by atoms with Gasteiger partial charge < -0.3 is 10.4 Å². The summed E-state index contributed by atoms with van der Waals surface area (Å²) in [5, 5.41) is 13.1. The van der Waals surface area contributed by atoms with E-state index < -0.39 is 17.4 Å². The lowest BCUT2D eigenvalue weighted by Gasteiger charge is -2.33. The minimum absolute atomic E-state index is 0.279. The van der Waals surface area contributed by atoms with Crippen LogP contribution in [0.4, 0.5) is 0 Å². The molecule has 1 aliphatic carbocycles. The van der Waals surface area contributed by atoms with Crippen LogP contribution in [-0.2, 0) is 4.79 Å². The number of amides is 1. The molecule has 0 bridgehead atoms. The van der Waals surface area contributed by atoms with Gasteiger partial charge in [-0.2, -0.15) is 0 Å². The first-order chi connectivity index (χ1) is 11.1. The molecule has 23 heavy (non-hydrogen) atoms. The van der Waals surface area contributed by atoms with Crippen LogP contribution >= 0.6 is 11.8 Å². The number of carbonyl (C=O) groups excluding carboxylic acids is 1. The first-order valence-corrected chi connectivity index (χ1v) is 8.87. The van der Waals surface area contributed by atoms with Crippen LogP contribution in [0.25, 0.3) is 5.52 Å². The van der Waals surface area contributed by atoms with Crippen molar-refractivity contribution >= 4 is 29.2 Å². The molecule has 0 unspecified atom stereocenters. The van der Waals surface area contributed by atoms with Crippen LogP contribution in [0.2, 0.25) is 0 Å². The summed E-state index contributed by atoms with van der Waals surface area (Å²) in [6.45, 7) is 0. The van der Waals surface area contributed by atoms with Crippen molar-refractivity contribution in [3.8, 4) is 0 Å². The average Bonchev–Trinajstić information content (AvgIpc) is 2.94. The summed E-state index contributed by atoms with van der Waals surface area (Å²) in [4.78, 5) is 28.8. The molecule has 1 fully saturated rings. The predicted octanol–water partition coefficient (Wildman–Crippen LogP) is 2.57. The highest BCUT2D eigenvalue weighted by atomic mass is 32.2. The monoisotopic (exact) mass is 333 g/mol. The van der Waals surface area contributed by atoms with E-state index in [1.165, 1.54) is 11.8 Å². The highest BCUT2D eigenvalue weighted by molar-refractivity contribution is 7.98. The molecule has 0 saturated heterocycles. The molecule has 2 aromatic heterocycles. The number of imidazole rings is 1. The maximum atomic E-state index is 12.7. The fourth-order valence-electron chi connectivity index (χ4n) is 3.14. The molecule has 7 heteroatoms. The standard InChI is InChI=1S/C16H19N3O3S/c1-23-15-17-12(11-7-3-6-10-19(11)15)13(20)18-16(14(21)22)8-4-2-5-9-16/h3,6-7,10H,2,4-5,8-9H2,1H3,(H,18,20)(H,21,22). The van der Waals surface area contributed by atoms with Crippen molar-refractivity contribution in [3.05, 3.63) is 30.1 Å². The van der Waals surface area contributed by atoms with Crippen molar-refractivity contribution in [2.45, 2.75) is 42.8 Å². The smallest absolute Gasteiger partial charge is 0.329 e. The molecule has 2 aromatic rings. The Bertz CT molecular complexity index is 750. The van der Waals surface area contributed by atoms with Crippen LogP contribution < -0.4 is 5.32 Å². The molecule has 0 aliphatic heterocycles. The Morgan fingerprint density at radius 3 is 2.70 bits per heavy atom. The fraction of sp³-hybridized carbons (Fsp3) is 0.438. The van der Waals surface area contributed by atoms with Gasteiger partial charge in [0.2, 0.25) is 0 Å². The van der Waals surface area contributed by atoms with E-state index in [0.717, 1.165) is 19.3 Å². The van der Waals surface area contributed by atoms with Gasteiger partial charge in [0.05, 0.1) is 5.52 Å². The van der Waals surface area contributed by atoms with Gasteiger partial charge in [-0.3, -0.25) is 9.20 Å². The average molecular weight is 333 g/mol. The predicted molar refractivity (Wildman–Crippen MR) is 87.9 cm³/mol. The van der Waals surface area contributed by atoms with Crippen LogP contribution in [0.15, 0.2) is 29.6 Å². The number of fused-ring (bicyclic) bond motifs is 1. The minimum Gasteiger partial charge on any atom is -0.480 e. The summed E-state index contributed by atoms with van der Waals surface area (Å²) in [5.41, 5.74) is -0.202. The number of carboxylic acids is 1. The molecular weight excluding hydrogens is 314 g/mol. The van der Waals surface area contributed by atoms with Crippen LogP contribution in [0, 0.1) is 0 Å². The summed E-state index contributed by atoms with van der Waals surface area (Å²) < 4.78 is 1.84. The fourth-order valence-corrected chi connectivity index (χ4v) is 3.68. The number of thioether (sulfide) groups is 1. The molecule has 6 nitrogen and oxygen atoms in total. The van der Waals surface area contributed by atoms with Crippen LogP contribution in [0.1, 0.15) is 42.6 Å². The molecule has 122 valence electrons. The molecule has 1 aliphatic rings. The Balaban J connectivity index is 1.95. The number of hydrogen-bond donors (Lipinski definition) is 2. The summed E-state index contributed by atoms with van der Waals surface area (Å²) in [6, 6.07) is 5.53. The van der Waals surface area contributed by atoms with Gasteiger partial charge >= 0.3 is 5.97 Å². The van der Waals surface area contributed by atoms with E-state index in [0.29, 0.717) is 23.5 Å². The summed E-state index contributed by atoms with van der Waals surface area (Å²) in [7, 11) is 0. The lowest BCUT2D eigenvalue weighted by molar-refractivity contribution is -0.145. The second-order valence-electron chi connectivity index (χ2n) is 5.81. The highest BCUT2D eigenvalue weighted by Crippen LogP contribution is 2.29. The van der Waals surface area contributed by atoms with Crippen LogP contribution in [-0.4, -0.2) is 38.2 Å². The zero-order valence-electron chi connectivity index (χ0n) is 12.9. The second kappa shape index (κ2) is 6.23. The van der Waals surface area contributed by atoms with Crippen LogP contribution in [0.3, 0.4) is 0 Å². The van der Waals surface area contributed by atoms with E-state index in [-0.39, 0.29) is 5.69 Å². The van der Waals surface area contributed by atoms with Gasteiger partial charge in [-0.1, -0.05) is 37.1 Å². The quantitative estimate of drug-likeness (QED) is 0.840. The van der Waals surface area contributed by atoms with Gasteiger partial charge in [-0.15, -0.1) is 0 Å². The molecule has 1 saturated carbocycles. The number of aliphatic carboxylic acids is 1. The van der Waals surface area contributed by atoms with Crippen molar-refractivity contribution in [3.63, 3.8) is 0 Å². The molecule has 1 amide bonds. The van der Waals surface area contributed by atoms with Crippen molar-refractivity contribution in [2.24, 2.45) is 0 Å². The molecule has 2 N–H and O–H groups in total. The number of pyridine rings is 1. The Morgan fingerprint density at radius 2 is 2.04 bits per heavy atom. The molecule has 0 aromatic carbocycles. The van der Waals surface area contributed by atoms with Crippen LogP contribution in [0.5, 0.6) is 0 Å². The van der Waals surface area contributed by atoms with Crippen molar-refractivity contribution in [1.82, 2.24) is 14.7 Å². The normalized spacial score (nSPS) is 17.1. The molecule has 0 spiro atoms. The van der Waals surface area contributed by atoms with E-state index in [2.05, 4.69) is 10.3 Å². The van der Waals surface area contributed by atoms with Crippen molar-refractivity contribution < 1.29 is 14.7 Å². The van der Waals surface area contributed by atoms with E-state index in [9.17, 15) is 14.7 Å². The molecule has 0 radical (unpaired) electrons. The highest BCUT2D eigenvalue weighted by Gasteiger charge is 2.41. The first-order valence-electron chi connectivity index (χ1n) is 7.64. The molecule has 0 atom stereocenters. The zero-order chi connectivity index (χ0) is 16.4. The summed E-state index contributed by atoms with van der Waals surface area (Å²) in [5.74, 6) is -1.38. The van der Waals surface area contributed by atoms with Crippen molar-refractivity contribution in [2.75, 3.05) is 6.26 Å². The number of hydrogen-bond acceptors (Lipinski definition) is 4. The molecule has 2 heterocycles. The second-order valence-corrected chi connectivity index (χ2v) is 6.58. The van der Waals surface area contributed by atoms with E-state index in [4.69, 9.17) is 0 Å². The lowest BCUT2D eigenvalue weighted by atomic mass is 9.81. The topological polar surface area (TPSA) is 83.7 Å². The molecule has 3 rings (SSSR count). The number of nitrogens with one attached hydrogen (secondary N) is 1. The van der Waals surface area contributed by atoms with Gasteiger partial charge in [0.25, 0.3) is 5.91 Å². The first kappa shape index (κ1) is 15.9. The zero-order valence-corrected chi connectivity index (χ0v) is 13.7. The maximum Gasteiger partial charge on any atom is 0.329 e. The molecular formula is C16H19N3O3S. The third kappa shape index (κ3) is 2.81. The van der Waals surface area contributed by atoms with Crippen molar-refractivity contribution in [1.29, 1.82) is 0 Å². The maximum absolute atomic E-state index is 12.7. The number of carbonyl (C=O) groups is 2. The largest absolute Gasteiger partial charge is 0.480 e. The number of aromatic nitrogens is 2. The van der Waals surface area contributed by atoms with Gasteiger partial charge in [0.15, 0.2) is 10.9 Å². The minimum atomic E-state index is -1.17. The Kier molecular flexibility index (Phi) is 4.30. The van der Waals surface area contributed by atoms with E-state index >= 15 is 0 Å². The van der Waals surface area contributed by atoms with E-state index in [1.807, 2.05) is 35.1 Å². The Labute approximate surface area is 138 Å².